The zero-order valence-electron chi connectivity index (χ0n) is 15.4. The van der Waals surface area contributed by atoms with E-state index in [1.54, 1.807) is 0 Å². The van der Waals surface area contributed by atoms with Gasteiger partial charge in [-0.05, 0) is 25.7 Å². The molecule has 0 unspecified atom stereocenters. The number of nitrogens with one attached hydrogen (secondary N) is 1. The molecule has 9 heteroatoms. The zero-order chi connectivity index (χ0) is 18.9. The summed E-state index contributed by atoms with van der Waals surface area (Å²) in [5.41, 5.74) is -0.856. The summed E-state index contributed by atoms with van der Waals surface area (Å²) in [4.78, 5) is 39.1. The summed E-state index contributed by atoms with van der Waals surface area (Å²) >= 11 is 1.36. The van der Waals surface area contributed by atoms with Gasteiger partial charge in [-0.25, -0.2) is 0 Å². The van der Waals surface area contributed by atoms with Crippen LogP contribution in [0.2, 0.25) is 0 Å². The first kappa shape index (κ1) is 18.5. The van der Waals surface area contributed by atoms with Gasteiger partial charge in [-0.2, -0.15) is 0 Å². The summed E-state index contributed by atoms with van der Waals surface area (Å²) in [5, 5.41) is 11.7. The molecule has 3 heterocycles. The van der Waals surface area contributed by atoms with Gasteiger partial charge in [0, 0.05) is 13.0 Å². The van der Waals surface area contributed by atoms with Gasteiger partial charge in [0.05, 0.1) is 5.75 Å². The number of aromatic nitrogens is 3. The lowest BCUT2D eigenvalue weighted by atomic mass is 9.78. The van der Waals surface area contributed by atoms with E-state index in [9.17, 15) is 14.4 Å². The number of carbonyl (C=O) groups excluding carboxylic acids is 3. The average molecular weight is 391 g/mol. The van der Waals surface area contributed by atoms with Crippen molar-refractivity contribution in [2.75, 3.05) is 12.3 Å². The van der Waals surface area contributed by atoms with Crippen LogP contribution in [0.5, 0.6) is 0 Å². The molecule has 1 saturated heterocycles. The third-order valence-electron chi connectivity index (χ3n) is 5.88. The van der Waals surface area contributed by atoms with Gasteiger partial charge in [0.25, 0.3) is 5.91 Å². The number of aryl methyl sites for hydroxylation is 1. The van der Waals surface area contributed by atoms with Gasteiger partial charge in [-0.3, -0.25) is 19.7 Å². The van der Waals surface area contributed by atoms with Crippen LogP contribution in [-0.4, -0.2) is 55.2 Å². The van der Waals surface area contributed by atoms with Crippen molar-refractivity contribution in [1.82, 2.24) is 25.0 Å². The topological polar surface area (TPSA) is 97.2 Å². The smallest absolute Gasteiger partial charge is 0.252 e. The molecule has 1 N–H and O–H groups in total. The number of hydrogen-bond donors (Lipinski definition) is 1. The monoisotopic (exact) mass is 391 g/mol. The highest BCUT2D eigenvalue weighted by atomic mass is 32.2. The van der Waals surface area contributed by atoms with Crippen molar-refractivity contribution in [3.63, 3.8) is 0 Å². The van der Waals surface area contributed by atoms with Gasteiger partial charge >= 0.3 is 0 Å². The number of amides is 3. The Morgan fingerprint density at radius 3 is 2.67 bits per heavy atom. The second kappa shape index (κ2) is 7.61. The van der Waals surface area contributed by atoms with E-state index in [4.69, 9.17) is 0 Å². The predicted molar refractivity (Wildman–Crippen MR) is 99.0 cm³/mol. The minimum Gasteiger partial charge on any atom is -0.318 e. The minimum atomic E-state index is -0.856. The molecule has 3 amide bonds. The van der Waals surface area contributed by atoms with Crippen LogP contribution >= 0.6 is 11.8 Å². The van der Waals surface area contributed by atoms with Crippen molar-refractivity contribution < 1.29 is 14.4 Å². The van der Waals surface area contributed by atoms with Crippen LogP contribution in [0.4, 0.5) is 0 Å². The minimum absolute atomic E-state index is 0.0386. The highest BCUT2D eigenvalue weighted by Crippen LogP contribution is 2.36. The highest BCUT2D eigenvalue weighted by molar-refractivity contribution is 7.99. The van der Waals surface area contributed by atoms with Crippen molar-refractivity contribution in [3.8, 4) is 0 Å². The molecule has 0 aromatic carbocycles. The molecule has 1 saturated carbocycles. The van der Waals surface area contributed by atoms with Crippen LogP contribution in [0.1, 0.15) is 57.2 Å². The molecule has 2 aliphatic heterocycles. The Morgan fingerprint density at radius 1 is 1.07 bits per heavy atom. The average Bonchev–Trinajstić information content (AvgIpc) is 2.90. The fraction of sp³-hybridized carbons (Fsp3) is 0.722. The Balaban J connectivity index is 1.49. The predicted octanol–water partition coefficient (Wildman–Crippen LogP) is 1.28. The molecular formula is C18H25N5O3S. The first-order chi connectivity index (χ1) is 13.1. The Labute approximate surface area is 162 Å². The van der Waals surface area contributed by atoms with Gasteiger partial charge in [-0.15, -0.1) is 10.2 Å². The number of fused-ring (bicyclic) bond motifs is 1. The second-order valence-corrected chi connectivity index (χ2v) is 8.54. The number of thioether (sulfide) groups is 1. The molecule has 1 aromatic rings. The van der Waals surface area contributed by atoms with E-state index in [1.807, 2.05) is 0 Å². The second-order valence-electron chi connectivity index (χ2n) is 7.60. The van der Waals surface area contributed by atoms with Gasteiger partial charge < -0.3 is 9.47 Å². The van der Waals surface area contributed by atoms with E-state index >= 15 is 0 Å². The lowest BCUT2D eigenvalue weighted by molar-refractivity contribution is -0.158. The number of rotatable bonds is 3. The zero-order valence-corrected chi connectivity index (χ0v) is 16.2. The summed E-state index contributed by atoms with van der Waals surface area (Å²) in [6, 6.07) is 0. The van der Waals surface area contributed by atoms with Crippen molar-refractivity contribution in [2.45, 2.75) is 75.0 Å². The van der Waals surface area contributed by atoms with E-state index in [0.29, 0.717) is 12.8 Å². The molecule has 3 aliphatic rings. The molecule has 1 spiro atoms. The first-order valence-electron chi connectivity index (χ1n) is 9.80. The number of hydrogen-bond acceptors (Lipinski definition) is 6. The molecule has 8 nitrogen and oxygen atoms in total. The fourth-order valence-corrected chi connectivity index (χ4v) is 5.29. The number of carbonyl (C=O) groups is 3. The highest BCUT2D eigenvalue weighted by Gasteiger charge is 2.50. The van der Waals surface area contributed by atoms with Crippen LogP contribution in [-0.2, 0) is 27.3 Å². The van der Waals surface area contributed by atoms with E-state index in [0.717, 1.165) is 56.1 Å². The van der Waals surface area contributed by atoms with E-state index in [2.05, 4.69) is 20.1 Å². The van der Waals surface area contributed by atoms with E-state index in [-0.39, 0.29) is 24.1 Å². The van der Waals surface area contributed by atoms with Crippen LogP contribution in [0.25, 0.3) is 0 Å². The molecule has 2 fully saturated rings. The van der Waals surface area contributed by atoms with Crippen LogP contribution in [0, 0.1) is 0 Å². The molecule has 0 radical (unpaired) electrons. The standard InChI is InChI=1S/C18H25N5O3S/c24-14-11-23(18(16(26)19-14)8-4-2-5-9-18)15(25)12-27-17-21-20-13-7-3-1-6-10-22(13)17/h1-12H2,(H,19,24,26). The molecule has 4 rings (SSSR count). The summed E-state index contributed by atoms with van der Waals surface area (Å²) < 4.78 is 2.11. The SMILES string of the molecule is O=C1CN(C(=O)CSc2nnc3n2CCCCC3)C2(CCCCC2)C(=O)N1. The Morgan fingerprint density at radius 2 is 1.85 bits per heavy atom. The number of nitrogens with zero attached hydrogens (tertiary/aromatic N) is 4. The van der Waals surface area contributed by atoms with Crippen LogP contribution < -0.4 is 5.32 Å². The molecule has 0 atom stereocenters. The van der Waals surface area contributed by atoms with Gasteiger partial charge in [-0.1, -0.05) is 37.4 Å². The maximum absolute atomic E-state index is 13.0. The van der Waals surface area contributed by atoms with Crippen molar-refractivity contribution in [1.29, 1.82) is 0 Å². The van der Waals surface area contributed by atoms with Crippen molar-refractivity contribution >= 4 is 29.5 Å². The quantitative estimate of drug-likeness (QED) is 0.616. The first-order valence-corrected chi connectivity index (χ1v) is 10.8. The number of piperazine rings is 1. The van der Waals surface area contributed by atoms with Crippen LogP contribution in [0.15, 0.2) is 5.16 Å². The normalized spacial score (nSPS) is 22.3. The summed E-state index contributed by atoms with van der Waals surface area (Å²) in [5.74, 6) is 0.273. The van der Waals surface area contributed by atoms with Gasteiger partial charge in [0.1, 0.15) is 17.9 Å². The van der Waals surface area contributed by atoms with Crippen LogP contribution in [0.3, 0.4) is 0 Å². The Kier molecular flexibility index (Phi) is 5.21. The third-order valence-corrected chi connectivity index (χ3v) is 6.83. The molecular weight excluding hydrogens is 366 g/mol. The molecule has 1 aliphatic carbocycles. The molecule has 146 valence electrons. The molecule has 0 bridgehead atoms. The summed E-state index contributed by atoms with van der Waals surface area (Å²) in [6.07, 6.45) is 8.43. The molecule has 1 aromatic heterocycles. The Bertz CT molecular complexity index is 756. The van der Waals surface area contributed by atoms with E-state index < -0.39 is 11.4 Å². The van der Waals surface area contributed by atoms with Crippen molar-refractivity contribution in [2.24, 2.45) is 0 Å². The maximum atomic E-state index is 13.0. The van der Waals surface area contributed by atoms with E-state index in [1.165, 1.54) is 23.1 Å². The third kappa shape index (κ3) is 3.49. The lowest BCUT2D eigenvalue weighted by Crippen LogP contribution is -2.69. The largest absolute Gasteiger partial charge is 0.318 e. The molecule has 27 heavy (non-hydrogen) atoms. The van der Waals surface area contributed by atoms with Gasteiger partial charge in [0.2, 0.25) is 11.8 Å². The summed E-state index contributed by atoms with van der Waals surface area (Å²) in [7, 11) is 0. The maximum Gasteiger partial charge on any atom is 0.252 e. The lowest BCUT2D eigenvalue weighted by Gasteiger charge is -2.47. The Hall–Kier alpha value is -1.90. The van der Waals surface area contributed by atoms with Gasteiger partial charge in [0.15, 0.2) is 5.16 Å². The fourth-order valence-electron chi connectivity index (χ4n) is 4.43. The summed E-state index contributed by atoms with van der Waals surface area (Å²) in [6.45, 7) is 0.844. The van der Waals surface area contributed by atoms with Crippen molar-refractivity contribution in [3.05, 3.63) is 5.82 Å². The number of imide groups is 1.